The molecular formula is C19H30N4O4S. The zero-order valence-electron chi connectivity index (χ0n) is 16.6. The maximum atomic E-state index is 12.7. The van der Waals surface area contributed by atoms with Gasteiger partial charge < -0.3 is 14.9 Å². The van der Waals surface area contributed by atoms with E-state index in [1.54, 1.807) is 3.96 Å². The van der Waals surface area contributed by atoms with Gasteiger partial charge in [-0.05, 0) is 37.0 Å². The van der Waals surface area contributed by atoms with Crippen LogP contribution in [-0.4, -0.2) is 94.1 Å². The predicted molar refractivity (Wildman–Crippen MR) is 110 cm³/mol. The Morgan fingerprint density at radius 3 is 2.61 bits per heavy atom. The number of β-amino-alcohol motifs (C(OH)–C–C–N with tert-alkyl or cyclic N) is 1. The number of piperazine rings is 1. The number of pyridine rings is 1. The second-order valence-corrected chi connectivity index (χ2v) is 8.36. The van der Waals surface area contributed by atoms with E-state index < -0.39 is 6.10 Å². The molecule has 0 spiro atoms. The smallest absolute Gasteiger partial charge is 0.270 e. The number of ether oxygens (including phenoxy) is 1. The van der Waals surface area contributed by atoms with E-state index in [1.165, 1.54) is 11.5 Å². The van der Waals surface area contributed by atoms with E-state index in [9.17, 15) is 9.90 Å². The molecule has 0 amide bonds. The Morgan fingerprint density at radius 2 is 1.89 bits per heavy atom. The lowest BCUT2D eigenvalue weighted by atomic mass is 10.2. The molecule has 0 aliphatic carbocycles. The zero-order chi connectivity index (χ0) is 20.1. The van der Waals surface area contributed by atoms with E-state index in [0.717, 1.165) is 48.8 Å². The number of aliphatic hydroxyl groups excluding tert-OH is 2. The molecule has 1 atom stereocenters. The van der Waals surface area contributed by atoms with Gasteiger partial charge in [-0.3, -0.25) is 18.6 Å². The third-order valence-corrected chi connectivity index (χ3v) is 6.05. The molecule has 0 bridgehead atoms. The number of hydrogen-bond donors (Lipinski definition) is 2. The van der Waals surface area contributed by atoms with E-state index in [0.29, 0.717) is 31.7 Å². The molecule has 2 aromatic heterocycles. The average Bonchev–Trinajstić information content (AvgIpc) is 2.95. The highest BCUT2D eigenvalue weighted by Crippen LogP contribution is 2.19. The van der Waals surface area contributed by atoms with Gasteiger partial charge >= 0.3 is 0 Å². The SMILES string of the molecule is Cc1cc(C)c2c(=O)n(CC(O)CN3CCN(CCOCCO)CC3)sc2n1. The highest BCUT2D eigenvalue weighted by Gasteiger charge is 2.20. The van der Waals surface area contributed by atoms with Crippen molar-refractivity contribution in [2.45, 2.75) is 26.5 Å². The summed E-state index contributed by atoms with van der Waals surface area (Å²) >= 11 is 1.33. The fourth-order valence-corrected chi connectivity index (χ4v) is 4.78. The van der Waals surface area contributed by atoms with Crippen molar-refractivity contribution >= 4 is 21.7 Å². The van der Waals surface area contributed by atoms with E-state index in [4.69, 9.17) is 9.84 Å². The van der Waals surface area contributed by atoms with Crippen molar-refractivity contribution in [1.82, 2.24) is 18.7 Å². The van der Waals surface area contributed by atoms with Crippen LogP contribution in [0, 0.1) is 13.8 Å². The number of aromatic nitrogens is 2. The van der Waals surface area contributed by atoms with Crippen LogP contribution in [0.3, 0.4) is 0 Å². The second-order valence-electron chi connectivity index (χ2n) is 7.35. The number of fused-ring (bicyclic) bond motifs is 1. The molecule has 1 saturated heterocycles. The standard InChI is InChI=1S/C19H30N4O4S/c1-14-11-15(2)20-18-17(14)19(26)23(28-18)13-16(25)12-22-5-3-21(4-6-22)7-9-27-10-8-24/h11,16,24-25H,3-10,12-13H2,1-2H3. The van der Waals surface area contributed by atoms with Crippen molar-refractivity contribution in [3.05, 3.63) is 27.7 Å². The van der Waals surface area contributed by atoms with Crippen LogP contribution in [0.1, 0.15) is 11.3 Å². The molecule has 2 N–H and O–H groups in total. The molecule has 28 heavy (non-hydrogen) atoms. The van der Waals surface area contributed by atoms with Crippen molar-refractivity contribution in [2.24, 2.45) is 0 Å². The summed E-state index contributed by atoms with van der Waals surface area (Å²) < 4.78 is 6.94. The lowest BCUT2D eigenvalue weighted by Gasteiger charge is -2.35. The minimum atomic E-state index is -0.591. The highest BCUT2D eigenvalue weighted by atomic mass is 32.1. The summed E-state index contributed by atoms with van der Waals surface area (Å²) in [6.45, 7) is 10.3. The summed E-state index contributed by atoms with van der Waals surface area (Å²) in [6.07, 6.45) is -0.591. The zero-order valence-corrected chi connectivity index (χ0v) is 17.5. The summed E-state index contributed by atoms with van der Waals surface area (Å²) in [7, 11) is 0. The molecular weight excluding hydrogens is 380 g/mol. The molecule has 0 saturated carbocycles. The summed E-state index contributed by atoms with van der Waals surface area (Å²) in [4.78, 5) is 22.4. The summed E-state index contributed by atoms with van der Waals surface area (Å²) in [5.74, 6) is 0. The molecule has 3 heterocycles. The van der Waals surface area contributed by atoms with Gasteiger partial charge in [-0.25, -0.2) is 4.98 Å². The number of hydrogen-bond acceptors (Lipinski definition) is 8. The van der Waals surface area contributed by atoms with E-state index in [2.05, 4.69) is 14.8 Å². The Balaban J connectivity index is 1.49. The first-order valence-corrected chi connectivity index (χ1v) is 10.5. The van der Waals surface area contributed by atoms with Crippen molar-refractivity contribution in [3.63, 3.8) is 0 Å². The van der Waals surface area contributed by atoms with Crippen molar-refractivity contribution < 1.29 is 14.9 Å². The highest BCUT2D eigenvalue weighted by molar-refractivity contribution is 7.13. The van der Waals surface area contributed by atoms with Crippen molar-refractivity contribution in [1.29, 1.82) is 0 Å². The molecule has 9 heteroatoms. The lowest BCUT2D eigenvalue weighted by molar-refractivity contribution is 0.0415. The molecule has 1 aliphatic rings. The predicted octanol–water partition coefficient (Wildman–Crippen LogP) is 0.0622. The number of rotatable bonds is 9. The summed E-state index contributed by atoms with van der Waals surface area (Å²) in [5.41, 5.74) is 1.78. The quantitative estimate of drug-likeness (QED) is 0.565. The van der Waals surface area contributed by atoms with E-state index in [1.807, 2.05) is 19.9 Å². The van der Waals surface area contributed by atoms with Gasteiger partial charge in [-0.1, -0.05) is 0 Å². The number of aryl methyl sites for hydroxylation is 2. The Morgan fingerprint density at radius 1 is 1.18 bits per heavy atom. The molecule has 0 radical (unpaired) electrons. The van der Waals surface area contributed by atoms with E-state index in [-0.39, 0.29) is 12.2 Å². The van der Waals surface area contributed by atoms with Gasteiger partial charge in [0, 0.05) is 45.0 Å². The van der Waals surface area contributed by atoms with Crippen LogP contribution in [0.15, 0.2) is 10.9 Å². The topological polar surface area (TPSA) is 91.1 Å². The van der Waals surface area contributed by atoms with Crippen LogP contribution in [0.2, 0.25) is 0 Å². The van der Waals surface area contributed by atoms with Crippen LogP contribution in [0.4, 0.5) is 0 Å². The molecule has 1 aliphatic heterocycles. The van der Waals surface area contributed by atoms with Crippen LogP contribution in [-0.2, 0) is 11.3 Å². The minimum absolute atomic E-state index is 0.0586. The fraction of sp³-hybridized carbons (Fsp3) is 0.684. The third-order valence-electron chi connectivity index (χ3n) is 5.05. The maximum Gasteiger partial charge on any atom is 0.270 e. The maximum absolute atomic E-state index is 12.7. The van der Waals surface area contributed by atoms with Gasteiger partial charge in [0.2, 0.25) is 0 Å². The number of aliphatic hydroxyl groups is 2. The number of nitrogens with zero attached hydrogens (tertiary/aromatic N) is 4. The average molecular weight is 411 g/mol. The van der Waals surface area contributed by atoms with Crippen LogP contribution >= 0.6 is 11.5 Å². The van der Waals surface area contributed by atoms with E-state index >= 15 is 0 Å². The molecule has 3 rings (SSSR count). The fourth-order valence-electron chi connectivity index (χ4n) is 3.62. The minimum Gasteiger partial charge on any atom is -0.394 e. The summed E-state index contributed by atoms with van der Waals surface area (Å²) in [6, 6.07) is 1.92. The second kappa shape index (κ2) is 9.91. The molecule has 1 unspecified atom stereocenters. The largest absolute Gasteiger partial charge is 0.394 e. The van der Waals surface area contributed by atoms with Gasteiger partial charge in [0.25, 0.3) is 5.56 Å². The van der Waals surface area contributed by atoms with Gasteiger partial charge in [-0.15, -0.1) is 0 Å². The molecule has 0 aromatic carbocycles. The van der Waals surface area contributed by atoms with Crippen LogP contribution in [0.5, 0.6) is 0 Å². The first-order chi connectivity index (χ1) is 13.5. The van der Waals surface area contributed by atoms with Crippen LogP contribution in [0.25, 0.3) is 10.2 Å². The molecule has 2 aromatic rings. The van der Waals surface area contributed by atoms with Gasteiger partial charge in [0.15, 0.2) is 0 Å². The molecule has 8 nitrogen and oxygen atoms in total. The molecule has 1 fully saturated rings. The first-order valence-electron chi connectivity index (χ1n) is 9.77. The monoisotopic (exact) mass is 410 g/mol. The van der Waals surface area contributed by atoms with Gasteiger partial charge in [-0.2, -0.15) is 0 Å². The Bertz CT molecular complexity index is 829. The Labute approximate surface area is 169 Å². The normalized spacial score (nSPS) is 17.4. The van der Waals surface area contributed by atoms with Gasteiger partial charge in [0.1, 0.15) is 4.83 Å². The summed E-state index contributed by atoms with van der Waals surface area (Å²) in [5, 5.41) is 19.9. The van der Waals surface area contributed by atoms with Gasteiger partial charge in [0.05, 0.1) is 37.9 Å². The Hall–Kier alpha value is -1.36. The van der Waals surface area contributed by atoms with Crippen molar-refractivity contribution in [3.8, 4) is 0 Å². The Kier molecular flexibility index (Phi) is 7.55. The van der Waals surface area contributed by atoms with Crippen LogP contribution < -0.4 is 5.56 Å². The third kappa shape index (κ3) is 5.37. The van der Waals surface area contributed by atoms with Crippen molar-refractivity contribution in [2.75, 3.05) is 59.1 Å². The molecule has 156 valence electrons. The first kappa shape index (κ1) is 21.4. The lowest BCUT2D eigenvalue weighted by Crippen LogP contribution is -2.49.